The maximum Gasteiger partial charge on any atom is 0.339 e. The van der Waals surface area contributed by atoms with E-state index in [0.717, 1.165) is 11.6 Å². The Kier molecular flexibility index (Phi) is 6.91. The van der Waals surface area contributed by atoms with Crippen molar-refractivity contribution >= 4 is 17.9 Å². The minimum Gasteiger partial charge on any atom is -0.478 e. The van der Waals surface area contributed by atoms with Gasteiger partial charge in [0.2, 0.25) is 0 Å². The van der Waals surface area contributed by atoms with E-state index in [2.05, 4.69) is 6.58 Å². The smallest absolute Gasteiger partial charge is 0.339 e. The minimum atomic E-state index is -1.17. The van der Waals surface area contributed by atoms with Crippen LogP contribution in [0.4, 0.5) is 0 Å². The van der Waals surface area contributed by atoms with Crippen molar-refractivity contribution in [3.63, 3.8) is 0 Å². The zero-order chi connectivity index (χ0) is 19.1. The fraction of sp³-hybridized carbons (Fsp3) is 0.421. The highest BCUT2D eigenvalue weighted by Gasteiger charge is 2.27. The molecule has 1 aromatic rings. The number of carboxylic acids is 1. The molecule has 0 saturated carbocycles. The summed E-state index contributed by atoms with van der Waals surface area (Å²) < 4.78 is 15.0. The van der Waals surface area contributed by atoms with Gasteiger partial charge in [0.25, 0.3) is 0 Å². The van der Waals surface area contributed by atoms with Gasteiger partial charge >= 0.3 is 17.9 Å². The van der Waals surface area contributed by atoms with Crippen LogP contribution in [0.5, 0.6) is 0 Å². The van der Waals surface area contributed by atoms with Gasteiger partial charge in [0.1, 0.15) is 12.7 Å². The summed E-state index contributed by atoms with van der Waals surface area (Å²) in [4.78, 5) is 35.0. The number of carboxylic acid groups (broad SMARTS) is 1. The summed E-state index contributed by atoms with van der Waals surface area (Å²) in [5.74, 6) is -2.33. The molecule has 1 saturated heterocycles. The number of aromatic carboxylic acids is 1. The molecule has 0 aliphatic carbocycles. The molecule has 1 N–H and O–H groups in total. The van der Waals surface area contributed by atoms with E-state index in [0.29, 0.717) is 31.4 Å². The summed E-state index contributed by atoms with van der Waals surface area (Å²) in [5, 5.41) is 9.60. The van der Waals surface area contributed by atoms with Crippen LogP contribution in [0.25, 0.3) is 0 Å². The van der Waals surface area contributed by atoms with Crippen LogP contribution in [0.2, 0.25) is 0 Å². The van der Waals surface area contributed by atoms with E-state index in [9.17, 15) is 19.5 Å². The number of epoxide rings is 1. The molecule has 1 aliphatic heterocycles. The molecule has 7 heteroatoms. The van der Waals surface area contributed by atoms with E-state index in [1.54, 1.807) is 13.0 Å². The average Bonchev–Trinajstić information content (AvgIpc) is 3.44. The predicted molar refractivity (Wildman–Crippen MR) is 92.3 cm³/mol. The van der Waals surface area contributed by atoms with Gasteiger partial charge in [0.05, 0.1) is 24.3 Å². The van der Waals surface area contributed by atoms with E-state index in [-0.39, 0.29) is 30.4 Å². The molecule has 1 unspecified atom stereocenters. The molecule has 2 rings (SSSR count). The molecule has 140 valence electrons. The van der Waals surface area contributed by atoms with Crippen LogP contribution in [0.1, 0.15) is 44.7 Å². The Bertz CT molecular complexity index is 704. The van der Waals surface area contributed by atoms with Gasteiger partial charge in [0.15, 0.2) is 0 Å². The lowest BCUT2D eigenvalue weighted by Gasteiger charge is -2.14. The lowest BCUT2D eigenvalue weighted by atomic mass is 9.93. The van der Waals surface area contributed by atoms with Gasteiger partial charge in [0, 0.05) is 6.08 Å². The van der Waals surface area contributed by atoms with E-state index >= 15 is 0 Å². The first kappa shape index (κ1) is 19.7. The number of esters is 2. The first-order valence-corrected chi connectivity index (χ1v) is 8.37. The second kappa shape index (κ2) is 9.15. The highest BCUT2D eigenvalue weighted by Crippen LogP contribution is 2.23. The van der Waals surface area contributed by atoms with Gasteiger partial charge in [-0.2, -0.15) is 0 Å². The van der Waals surface area contributed by atoms with Crippen LogP contribution in [-0.4, -0.2) is 48.9 Å². The molecule has 0 bridgehead atoms. The van der Waals surface area contributed by atoms with E-state index in [1.165, 1.54) is 6.07 Å². The number of unbranched alkanes of at least 4 members (excludes halogenated alkanes) is 1. The van der Waals surface area contributed by atoms with Crippen molar-refractivity contribution in [2.75, 3.05) is 19.8 Å². The van der Waals surface area contributed by atoms with Crippen molar-refractivity contribution in [2.45, 2.75) is 32.3 Å². The number of rotatable bonds is 10. The number of hydrogen-bond donors (Lipinski definition) is 1. The Labute approximate surface area is 151 Å². The summed E-state index contributed by atoms with van der Waals surface area (Å²) in [6, 6.07) is 3.19. The Morgan fingerprint density at radius 2 is 2.04 bits per heavy atom. The van der Waals surface area contributed by atoms with Gasteiger partial charge in [-0.05, 0) is 43.4 Å². The van der Waals surface area contributed by atoms with Crippen molar-refractivity contribution < 1.29 is 33.7 Å². The van der Waals surface area contributed by atoms with Crippen LogP contribution in [0.15, 0.2) is 24.8 Å². The quantitative estimate of drug-likeness (QED) is 0.295. The third-order valence-corrected chi connectivity index (χ3v) is 4.02. The Hall–Kier alpha value is -2.67. The van der Waals surface area contributed by atoms with Gasteiger partial charge in [-0.3, -0.25) is 0 Å². The molecule has 1 atom stereocenters. The fourth-order valence-corrected chi connectivity index (χ4v) is 2.53. The topological polar surface area (TPSA) is 102 Å². The molecule has 0 radical (unpaired) electrons. The maximum atomic E-state index is 12.2. The summed E-state index contributed by atoms with van der Waals surface area (Å²) in [7, 11) is 0. The molecule has 7 nitrogen and oxygen atoms in total. The molecular formula is C19H22O7. The standard InChI is InChI=1S/C19H22O7/c1-3-16(20)24-9-5-4-6-14-12(2)7-8-15(17(14)18(21)22)19(23)26-11-13-10-25-13/h3,7-8,13H,1,4-6,9-11H2,2H3,(H,21,22). The maximum absolute atomic E-state index is 12.2. The van der Waals surface area contributed by atoms with Gasteiger partial charge in [-0.15, -0.1) is 0 Å². The third kappa shape index (κ3) is 5.42. The molecule has 0 amide bonds. The normalized spacial score (nSPS) is 15.2. The third-order valence-electron chi connectivity index (χ3n) is 4.02. The number of aryl methyl sites for hydroxylation is 1. The van der Waals surface area contributed by atoms with Crippen molar-refractivity contribution in [1.29, 1.82) is 0 Å². The van der Waals surface area contributed by atoms with Crippen LogP contribution >= 0.6 is 0 Å². The van der Waals surface area contributed by atoms with Crippen LogP contribution < -0.4 is 0 Å². The summed E-state index contributed by atoms with van der Waals surface area (Å²) in [6.07, 6.45) is 2.64. The monoisotopic (exact) mass is 362 g/mol. The Balaban J connectivity index is 2.06. The lowest BCUT2D eigenvalue weighted by Crippen LogP contribution is -2.17. The highest BCUT2D eigenvalue weighted by atomic mass is 16.6. The Morgan fingerprint density at radius 1 is 1.31 bits per heavy atom. The van der Waals surface area contributed by atoms with Crippen molar-refractivity contribution in [3.8, 4) is 0 Å². The van der Waals surface area contributed by atoms with E-state index in [1.807, 2.05) is 0 Å². The number of benzene rings is 1. The number of hydrogen-bond acceptors (Lipinski definition) is 6. The van der Waals surface area contributed by atoms with Crippen LogP contribution in [-0.2, 0) is 25.4 Å². The van der Waals surface area contributed by atoms with Gasteiger partial charge in [-0.25, -0.2) is 14.4 Å². The highest BCUT2D eigenvalue weighted by molar-refractivity contribution is 6.03. The van der Waals surface area contributed by atoms with Crippen molar-refractivity contribution in [2.24, 2.45) is 0 Å². The first-order chi connectivity index (χ1) is 12.4. The summed E-state index contributed by atoms with van der Waals surface area (Å²) >= 11 is 0. The number of ether oxygens (including phenoxy) is 3. The largest absolute Gasteiger partial charge is 0.478 e. The average molecular weight is 362 g/mol. The molecular weight excluding hydrogens is 340 g/mol. The first-order valence-electron chi connectivity index (χ1n) is 8.37. The molecule has 0 aromatic heterocycles. The predicted octanol–water partition coefficient (Wildman–Crippen LogP) is 2.30. The van der Waals surface area contributed by atoms with E-state index < -0.39 is 17.9 Å². The van der Waals surface area contributed by atoms with Crippen molar-refractivity contribution in [1.82, 2.24) is 0 Å². The van der Waals surface area contributed by atoms with Gasteiger partial charge in [-0.1, -0.05) is 12.6 Å². The lowest BCUT2D eigenvalue weighted by molar-refractivity contribution is -0.137. The van der Waals surface area contributed by atoms with Crippen LogP contribution in [0.3, 0.4) is 0 Å². The number of carbonyl (C=O) groups is 3. The summed E-state index contributed by atoms with van der Waals surface area (Å²) in [6.45, 7) is 6.02. The minimum absolute atomic E-state index is 0.0326. The molecule has 1 fully saturated rings. The molecule has 1 heterocycles. The fourth-order valence-electron chi connectivity index (χ4n) is 2.53. The van der Waals surface area contributed by atoms with Crippen molar-refractivity contribution in [3.05, 3.63) is 47.0 Å². The summed E-state index contributed by atoms with van der Waals surface area (Å²) in [5.41, 5.74) is 1.38. The molecule has 0 spiro atoms. The van der Waals surface area contributed by atoms with Crippen LogP contribution in [0, 0.1) is 6.92 Å². The molecule has 1 aromatic carbocycles. The second-order valence-electron chi connectivity index (χ2n) is 5.97. The zero-order valence-electron chi connectivity index (χ0n) is 14.7. The second-order valence-corrected chi connectivity index (χ2v) is 5.97. The Morgan fingerprint density at radius 3 is 2.65 bits per heavy atom. The van der Waals surface area contributed by atoms with E-state index in [4.69, 9.17) is 14.2 Å². The number of carbonyl (C=O) groups excluding carboxylic acids is 2. The molecule has 1 aliphatic rings. The SMILES string of the molecule is C=CC(=O)OCCCCc1c(C)ccc(C(=O)OCC2CO2)c1C(=O)O. The van der Waals surface area contributed by atoms with Gasteiger partial charge < -0.3 is 19.3 Å². The molecule has 26 heavy (non-hydrogen) atoms. The zero-order valence-corrected chi connectivity index (χ0v) is 14.7.